The standard InChI is InChI=1S/C13H17FN2O2.ClH/c1-8-3-4-9(14)5-10(8)13(17)16-11-6-15-7-12(11)18-2;/h3-5,11-12,15H,6-7H2,1-2H3,(H,16,17);1H. The van der Waals surface area contributed by atoms with Crippen LogP contribution >= 0.6 is 12.4 Å². The number of nitrogens with one attached hydrogen (secondary N) is 2. The van der Waals surface area contributed by atoms with E-state index in [2.05, 4.69) is 10.6 Å². The summed E-state index contributed by atoms with van der Waals surface area (Å²) in [6.07, 6.45) is -0.0391. The normalized spacial score (nSPS) is 21.8. The maximum atomic E-state index is 13.1. The summed E-state index contributed by atoms with van der Waals surface area (Å²) in [6.45, 7) is 3.16. The fourth-order valence-electron chi connectivity index (χ4n) is 2.13. The number of amides is 1. The SMILES string of the molecule is COC1CNCC1NC(=O)c1cc(F)ccc1C.Cl. The van der Waals surface area contributed by atoms with Gasteiger partial charge in [-0.2, -0.15) is 0 Å². The molecule has 0 radical (unpaired) electrons. The number of aryl methyl sites for hydroxylation is 1. The van der Waals surface area contributed by atoms with E-state index in [4.69, 9.17) is 4.74 Å². The van der Waals surface area contributed by atoms with Gasteiger partial charge in [-0.3, -0.25) is 4.79 Å². The van der Waals surface area contributed by atoms with Crippen LogP contribution in [0.3, 0.4) is 0 Å². The van der Waals surface area contributed by atoms with Crippen molar-refractivity contribution in [3.05, 3.63) is 35.1 Å². The van der Waals surface area contributed by atoms with Crippen LogP contribution in [0.25, 0.3) is 0 Å². The summed E-state index contributed by atoms with van der Waals surface area (Å²) >= 11 is 0. The van der Waals surface area contributed by atoms with Crippen LogP contribution in [0.15, 0.2) is 18.2 Å². The molecular formula is C13H18ClFN2O2. The molecule has 0 spiro atoms. The molecule has 106 valence electrons. The number of benzene rings is 1. The molecule has 0 bridgehead atoms. The zero-order chi connectivity index (χ0) is 13.1. The Balaban J connectivity index is 0.00000180. The van der Waals surface area contributed by atoms with E-state index in [9.17, 15) is 9.18 Å². The van der Waals surface area contributed by atoms with E-state index in [0.717, 1.165) is 5.56 Å². The van der Waals surface area contributed by atoms with Gasteiger partial charge in [-0.05, 0) is 24.6 Å². The second-order valence-corrected chi connectivity index (χ2v) is 4.47. The van der Waals surface area contributed by atoms with Crippen molar-refractivity contribution >= 4 is 18.3 Å². The van der Waals surface area contributed by atoms with Gasteiger partial charge in [-0.15, -0.1) is 12.4 Å². The Labute approximate surface area is 118 Å². The zero-order valence-corrected chi connectivity index (χ0v) is 11.7. The minimum Gasteiger partial charge on any atom is -0.378 e. The molecule has 1 fully saturated rings. The summed E-state index contributed by atoms with van der Waals surface area (Å²) in [4.78, 5) is 12.1. The molecule has 1 heterocycles. The monoisotopic (exact) mass is 288 g/mol. The fraction of sp³-hybridized carbons (Fsp3) is 0.462. The molecule has 4 nitrogen and oxygen atoms in total. The van der Waals surface area contributed by atoms with Crippen molar-refractivity contribution in [3.63, 3.8) is 0 Å². The number of carbonyl (C=O) groups is 1. The lowest BCUT2D eigenvalue weighted by Gasteiger charge is -2.19. The van der Waals surface area contributed by atoms with Crippen LogP contribution in [0.5, 0.6) is 0 Å². The minimum atomic E-state index is -0.404. The Morgan fingerprint density at radius 2 is 2.21 bits per heavy atom. The minimum absolute atomic E-state index is 0. The summed E-state index contributed by atoms with van der Waals surface area (Å²) in [5.41, 5.74) is 1.13. The largest absolute Gasteiger partial charge is 0.378 e. The second kappa shape index (κ2) is 6.84. The fourth-order valence-corrected chi connectivity index (χ4v) is 2.13. The van der Waals surface area contributed by atoms with E-state index in [0.29, 0.717) is 18.7 Å². The first-order chi connectivity index (χ1) is 8.61. The third-order valence-corrected chi connectivity index (χ3v) is 3.22. The van der Waals surface area contributed by atoms with E-state index >= 15 is 0 Å². The molecule has 1 saturated heterocycles. The molecule has 0 aromatic heterocycles. The molecule has 1 amide bonds. The Kier molecular flexibility index (Phi) is 5.72. The van der Waals surface area contributed by atoms with Crippen LogP contribution in [-0.4, -0.2) is 38.3 Å². The van der Waals surface area contributed by atoms with Crippen molar-refractivity contribution < 1.29 is 13.9 Å². The highest BCUT2D eigenvalue weighted by atomic mass is 35.5. The van der Waals surface area contributed by atoms with Crippen LogP contribution in [0.4, 0.5) is 4.39 Å². The number of carbonyl (C=O) groups excluding carboxylic acids is 1. The molecule has 1 aliphatic rings. The summed E-state index contributed by atoms with van der Waals surface area (Å²) in [5, 5.41) is 6.01. The third kappa shape index (κ3) is 3.65. The van der Waals surface area contributed by atoms with E-state index in [1.165, 1.54) is 12.1 Å². The van der Waals surface area contributed by atoms with E-state index in [1.807, 2.05) is 0 Å². The average Bonchev–Trinajstić information content (AvgIpc) is 2.79. The first-order valence-corrected chi connectivity index (χ1v) is 5.92. The van der Waals surface area contributed by atoms with Crippen LogP contribution in [0.1, 0.15) is 15.9 Å². The Morgan fingerprint density at radius 1 is 1.47 bits per heavy atom. The number of halogens is 2. The van der Waals surface area contributed by atoms with Crippen molar-refractivity contribution in [1.82, 2.24) is 10.6 Å². The lowest BCUT2D eigenvalue weighted by molar-refractivity contribution is 0.0779. The molecule has 0 aliphatic carbocycles. The molecule has 2 rings (SSSR count). The van der Waals surface area contributed by atoms with Gasteiger partial charge in [0.25, 0.3) is 5.91 Å². The molecule has 6 heteroatoms. The maximum Gasteiger partial charge on any atom is 0.252 e. The summed E-state index contributed by atoms with van der Waals surface area (Å²) in [5.74, 6) is -0.665. The van der Waals surface area contributed by atoms with Gasteiger partial charge >= 0.3 is 0 Å². The average molecular weight is 289 g/mol. The molecule has 1 aromatic rings. The van der Waals surface area contributed by atoms with Gasteiger partial charge in [0.1, 0.15) is 5.82 Å². The van der Waals surface area contributed by atoms with Crippen molar-refractivity contribution in [2.75, 3.05) is 20.2 Å². The molecule has 2 unspecified atom stereocenters. The van der Waals surface area contributed by atoms with Crippen LogP contribution in [0, 0.1) is 12.7 Å². The van der Waals surface area contributed by atoms with Crippen LogP contribution < -0.4 is 10.6 Å². The number of methoxy groups -OCH3 is 1. The van der Waals surface area contributed by atoms with Gasteiger partial charge < -0.3 is 15.4 Å². The molecule has 1 aliphatic heterocycles. The van der Waals surface area contributed by atoms with Crippen molar-refractivity contribution in [1.29, 1.82) is 0 Å². The molecule has 0 saturated carbocycles. The van der Waals surface area contributed by atoms with Crippen LogP contribution in [0.2, 0.25) is 0 Å². The Hall–Kier alpha value is -1.17. The van der Waals surface area contributed by atoms with Gasteiger partial charge in [0.15, 0.2) is 0 Å². The quantitative estimate of drug-likeness (QED) is 0.881. The number of hydrogen-bond donors (Lipinski definition) is 2. The topological polar surface area (TPSA) is 50.4 Å². The third-order valence-electron chi connectivity index (χ3n) is 3.22. The van der Waals surface area contributed by atoms with Gasteiger partial charge in [0, 0.05) is 25.8 Å². The molecule has 19 heavy (non-hydrogen) atoms. The van der Waals surface area contributed by atoms with Crippen molar-refractivity contribution in [2.24, 2.45) is 0 Å². The highest BCUT2D eigenvalue weighted by Crippen LogP contribution is 2.12. The predicted octanol–water partition coefficient (Wildman–Crippen LogP) is 1.27. The first-order valence-electron chi connectivity index (χ1n) is 5.92. The second-order valence-electron chi connectivity index (χ2n) is 4.47. The van der Waals surface area contributed by atoms with E-state index < -0.39 is 5.82 Å². The van der Waals surface area contributed by atoms with E-state index in [1.54, 1.807) is 20.1 Å². The molecular weight excluding hydrogens is 271 g/mol. The lowest BCUT2D eigenvalue weighted by atomic mass is 10.1. The number of ether oxygens (including phenoxy) is 1. The smallest absolute Gasteiger partial charge is 0.252 e. The van der Waals surface area contributed by atoms with Crippen LogP contribution in [-0.2, 0) is 4.74 Å². The first kappa shape index (κ1) is 15.9. The summed E-state index contributed by atoms with van der Waals surface area (Å²) in [7, 11) is 1.62. The molecule has 1 aromatic carbocycles. The summed E-state index contributed by atoms with van der Waals surface area (Å²) in [6, 6.07) is 4.13. The molecule has 2 N–H and O–H groups in total. The van der Waals surface area contributed by atoms with Gasteiger partial charge in [0.05, 0.1) is 12.1 Å². The predicted molar refractivity (Wildman–Crippen MR) is 73.3 cm³/mol. The number of rotatable bonds is 3. The Morgan fingerprint density at radius 3 is 2.89 bits per heavy atom. The Bertz CT molecular complexity index is 456. The van der Waals surface area contributed by atoms with Crippen molar-refractivity contribution in [3.8, 4) is 0 Å². The highest BCUT2D eigenvalue weighted by Gasteiger charge is 2.28. The number of hydrogen-bond acceptors (Lipinski definition) is 3. The summed E-state index contributed by atoms with van der Waals surface area (Å²) < 4.78 is 18.4. The van der Waals surface area contributed by atoms with Crippen molar-refractivity contribution in [2.45, 2.75) is 19.1 Å². The zero-order valence-electron chi connectivity index (χ0n) is 10.9. The maximum absolute atomic E-state index is 13.1. The highest BCUT2D eigenvalue weighted by molar-refractivity contribution is 5.95. The lowest BCUT2D eigenvalue weighted by Crippen LogP contribution is -2.43. The van der Waals surface area contributed by atoms with Gasteiger partial charge in [-0.25, -0.2) is 4.39 Å². The van der Waals surface area contributed by atoms with Gasteiger partial charge in [0.2, 0.25) is 0 Å². The van der Waals surface area contributed by atoms with Gasteiger partial charge in [-0.1, -0.05) is 6.07 Å². The van der Waals surface area contributed by atoms with E-state index in [-0.39, 0.29) is 30.5 Å². The molecule has 2 atom stereocenters.